The van der Waals surface area contributed by atoms with Crippen LogP contribution in [-0.4, -0.2) is 10.2 Å². The molecule has 0 aliphatic carbocycles. The summed E-state index contributed by atoms with van der Waals surface area (Å²) in [5.41, 5.74) is 1.39. The second-order valence-electron chi connectivity index (χ2n) is 2.76. The van der Waals surface area contributed by atoms with Crippen molar-refractivity contribution < 1.29 is 0 Å². The molecule has 0 saturated heterocycles. The van der Waals surface area contributed by atoms with E-state index < -0.39 is 0 Å². The predicted molar refractivity (Wildman–Crippen MR) is 66.9 cm³/mol. The van der Waals surface area contributed by atoms with Gasteiger partial charge in [0.25, 0.3) is 0 Å². The summed E-state index contributed by atoms with van der Waals surface area (Å²) in [7, 11) is 0. The standard InChI is InChI=1S/C9H7N3OS.C2H6/c1-6-10-11-9(14-6)7-2-4-8(12-13)5-3-7;1-2/h2-5H,1H3;1-2H3. The van der Waals surface area contributed by atoms with Crippen molar-refractivity contribution in [2.24, 2.45) is 5.18 Å². The zero-order valence-corrected chi connectivity index (χ0v) is 10.3. The highest BCUT2D eigenvalue weighted by Crippen LogP contribution is 2.24. The summed E-state index contributed by atoms with van der Waals surface area (Å²) < 4.78 is 0. The lowest BCUT2D eigenvalue weighted by atomic mass is 10.2. The van der Waals surface area contributed by atoms with E-state index >= 15 is 0 Å². The number of benzene rings is 1. The van der Waals surface area contributed by atoms with Gasteiger partial charge in [-0.25, -0.2) is 0 Å². The van der Waals surface area contributed by atoms with Gasteiger partial charge in [0.15, 0.2) is 0 Å². The average Bonchev–Trinajstić information content (AvgIpc) is 2.79. The zero-order chi connectivity index (χ0) is 12.0. The van der Waals surface area contributed by atoms with Crippen LogP contribution >= 0.6 is 11.3 Å². The summed E-state index contributed by atoms with van der Waals surface area (Å²) >= 11 is 1.52. The van der Waals surface area contributed by atoms with Crippen molar-refractivity contribution >= 4 is 17.0 Å². The van der Waals surface area contributed by atoms with Crippen molar-refractivity contribution in [3.05, 3.63) is 34.2 Å². The number of hydrogen-bond donors (Lipinski definition) is 0. The Hall–Kier alpha value is -1.62. The first-order chi connectivity index (χ1) is 7.79. The third-order valence-corrected chi connectivity index (χ3v) is 2.63. The van der Waals surface area contributed by atoms with Crippen LogP contribution in [0.15, 0.2) is 29.4 Å². The van der Waals surface area contributed by atoms with Gasteiger partial charge in [-0.1, -0.05) is 25.2 Å². The third-order valence-electron chi connectivity index (χ3n) is 1.75. The van der Waals surface area contributed by atoms with Crippen molar-refractivity contribution in [1.82, 2.24) is 10.2 Å². The molecule has 0 saturated carbocycles. The molecule has 1 aromatic heterocycles. The molecule has 0 bridgehead atoms. The number of aromatic nitrogens is 2. The summed E-state index contributed by atoms with van der Waals surface area (Å²) in [6.07, 6.45) is 0. The number of nitrogens with zero attached hydrogens (tertiary/aromatic N) is 3. The number of nitroso groups, excluding NO2 is 1. The summed E-state index contributed by atoms with van der Waals surface area (Å²) in [5.74, 6) is 0. The van der Waals surface area contributed by atoms with E-state index in [2.05, 4.69) is 15.4 Å². The Morgan fingerprint density at radius 2 is 1.75 bits per heavy atom. The largest absolute Gasteiger partial charge is 0.147 e. The van der Waals surface area contributed by atoms with E-state index in [0.29, 0.717) is 5.69 Å². The minimum absolute atomic E-state index is 0.426. The zero-order valence-electron chi connectivity index (χ0n) is 9.47. The number of hydrogen-bond acceptors (Lipinski definition) is 5. The topological polar surface area (TPSA) is 55.2 Å². The molecule has 0 radical (unpaired) electrons. The van der Waals surface area contributed by atoms with Crippen LogP contribution in [0.2, 0.25) is 0 Å². The van der Waals surface area contributed by atoms with Crippen molar-refractivity contribution in [3.63, 3.8) is 0 Å². The van der Waals surface area contributed by atoms with Gasteiger partial charge < -0.3 is 0 Å². The number of rotatable bonds is 2. The van der Waals surface area contributed by atoms with E-state index in [9.17, 15) is 4.91 Å². The molecule has 0 fully saturated rings. The molecular formula is C11H13N3OS. The molecule has 0 aliphatic rings. The molecule has 1 heterocycles. The minimum Gasteiger partial charge on any atom is -0.145 e. The molecule has 5 heteroatoms. The Balaban J connectivity index is 0.000000606. The van der Waals surface area contributed by atoms with Gasteiger partial charge in [0.05, 0.1) is 0 Å². The average molecular weight is 235 g/mol. The van der Waals surface area contributed by atoms with E-state index in [1.54, 1.807) is 12.1 Å². The van der Waals surface area contributed by atoms with Crippen LogP contribution in [0, 0.1) is 11.8 Å². The quantitative estimate of drug-likeness (QED) is 0.741. The highest BCUT2D eigenvalue weighted by atomic mass is 32.1. The van der Waals surface area contributed by atoms with E-state index in [0.717, 1.165) is 15.6 Å². The summed E-state index contributed by atoms with van der Waals surface area (Å²) in [6.45, 7) is 5.91. The Morgan fingerprint density at radius 3 is 2.19 bits per heavy atom. The van der Waals surface area contributed by atoms with E-state index in [1.807, 2.05) is 32.9 Å². The molecule has 1 aromatic carbocycles. The molecule has 0 aliphatic heterocycles. The van der Waals surface area contributed by atoms with E-state index in [1.165, 1.54) is 11.3 Å². The summed E-state index contributed by atoms with van der Waals surface area (Å²) in [6, 6.07) is 6.96. The van der Waals surface area contributed by atoms with Crippen molar-refractivity contribution in [2.45, 2.75) is 20.8 Å². The van der Waals surface area contributed by atoms with Crippen molar-refractivity contribution in [2.75, 3.05) is 0 Å². The van der Waals surface area contributed by atoms with Gasteiger partial charge in [-0.3, -0.25) is 0 Å². The van der Waals surface area contributed by atoms with Crippen molar-refractivity contribution in [1.29, 1.82) is 0 Å². The Labute approximate surface area is 98.3 Å². The lowest BCUT2D eigenvalue weighted by Gasteiger charge is -1.93. The van der Waals surface area contributed by atoms with Crippen LogP contribution in [0.5, 0.6) is 0 Å². The third kappa shape index (κ3) is 2.93. The van der Waals surface area contributed by atoms with Crippen LogP contribution < -0.4 is 0 Å². The molecule has 2 rings (SSSR count). The van der Waals surface area contributed by atoms with Crippen LogP contribution in [0.4, 0.5) is 5.69 Å². The highest BCUT2D eigenvalue weighted by molar-refractivity contribution is 7.14. The Bertz CT molecular complexity index is 451. The maximum atomic E-state index is 10.2. The molecule has 0 spiro atoms. The first kappa shape index (κ1) is 12.4. The summed E-state index contributed by atoms with van der Waals surface area (Å²) in [4.78, 5) is 10.2. The van der Waals surface area contributed by atoms with Crippen LogP contribution in [0.1, 0.15) is 18.9 Å². The molecule has 0 N–H and O–H groups in total. The molecule has 0 unspecified atom stereocenters. The van der Waals surface area contributed by atoms with Gasteiger partial charge in [-0.2, -0.15) is 0 Å². The fourth-order valence-corrected chi connectivity index (χ4v) is 1.78. The van der Waals surface area contributed by atoms with Crippen LogP contribution in [0.25, 0.3) is 10.6 Å². The lowest BCUT2D eigenvalue weighted by molar-refractivity contribution is 1.05. The molecule has 84 valence electrons. The van der Waals surface area contributed by atoms with Gasteiger partial charge in [0.1, 0.15) is 15.7 Å². The fraction of sp³-hybridized carbons (Fsp3) is 0.273. The van der Waals surface area contributed by atoms with Gasteiger partial charge in [-0.05, 0) is 36.4 Å². The van der Waals surface area contributed by atoms with Gasteiger partial charge in [0, 0.05) is 5.56 Å². The monoisotopic (exact) mass is 235 g/mol. The number of aryl methyl sites for hydroxylation is 1. The smallest absolute Gasteiger partial charge is 0.145 e. The maximum Gasteiger partial charge on any atom is 0.147 e. The van der Waals surface area contributed by atoms with E-state index in [4.69, 9.17) is 0 Å². The molecular weight excluding hydrogens is 222 g/mol. The molecule has 2 aromatic rings. The lowest BCUT2D eigenvalue weighted by Crippen LogP contribution is -1.75. The maximum absolute atomic E-state index is 10.2. The van der Waals surface area contributed by atoms with Gasteiger partial charge in [0.2, 0.25) is 0 Å². The first-order valence-corrected chi connectivity index (χ1v) is 5.85. The Morgan fingerprint density at radius 1 is 1.12 bits per heavy atom. The molecule has 4 nitrogen and oxygen atoms in total. The SMILES string of the molecule is CC.Cc1nnc(-c2ccc(N=O)cc2)s1. The molecule has 0 atom stereocenters. The minimum atomic E-state index is 0.426. The molecule has 0 amide bonds. The van der Waals surface area contributed by atoms with Crippen molar-refractivity contribution in [3.8, 4) is 10.6 Å². The predicted octanol–water partition coefficient (Wildman–Crippen LogP) is 3.94. The summed E-state index contributed by atoms with van der Waals surface area (Å²) in [5, 5.41) is 12.5. The van der Waals surface area contributed by atoms with Gasteiger partial charge in [-0.15, -0.1) is 15.1 Å². The Kier molecular flexibility index (Phi) is 4.72. The molecule has 16 heavy (non-hydrogen) atoms. The van der Waals surface area contributed by atoms with Gasteiger partial charge >= 0.3 is 0 Å². The van der Waals surface area contributed by atoms with Crippen LogP contribution in [-0.2, 0) is 0 Å². The first-order valence-electron chi connectivity index (χ1n) is 5.03. The fourth-order valence-electron chi connectivity index (χ4n) is 1.08. The van der Waals surface area contributed by atoms with E-state index in [-0.39, 0.29) is 0 Å². The highest BCUT2D eigenvalue weighted by Gasteiger charge is 2.03. The second kappa shape index (κ2) is 6.07. The second-order valence-corrected chi connectivity index (χ2v) is 3.95. The normalized spacial score (nSPS) is 9.19. The van der Waals surface area contributed by atoms with Crippen LogP contribution in [0.3, 0.4) is 0 Å².